The minimum Gasteiger partial charge on any atom is -0.445 e. The van der Waals surface area contributed by atoms with E-state index in [1.54, 1.807) is 30.3 Å². The lowest BCUT2D eigenvalue weighted by Gasteiger charge is -2.25. The van der Waals surface area contributed by atoms with Gasteiger partial charge in [-0.3, -0.25) is 18.4 Å². The maximum Gasteiger partial charge on any atom is 0.410 e. The smallest absolute Gasteiger partial charge is 0.410 e. The molecule has 11 nitrogen and oxygen atoms in total. The molecule has 1 fully saturated rings. The Morgan fingerprint density at radius 1 is 1.22 bits per heavy atom. The van der Waals surface area contributed by atoms with Crippen LogP contribution in [0, 0.1) is 0 Å². The summed E-state index contributed by atoms with van der Waals surface area (Å²) in [4.78, 5) is 25.3. The highest BCUT2D eigenvalue weighted by Crippen LogP contribution is 2.24. The van der Waals surface area contributed by atoms with Crippen molar-refractivity contribution in [3.63, 3.8) is 0 Å². The summed E-state index contributed by atoms with van der Waals surface area (Å²) in [6.45, 7) is -0.224. The fourth-order valence-corrected chi connectivity index (χ4v) is 3.62. The van der Waals surface area contributed by atoms with E-state index in [-0.39, 0.29) is 19.6 Å². The fourth-order valence-electron chi connectivity index (χ4n) is 2.59. The van der Waals surface area contributed by atoms with Crippen LogP contribution in [-0.4, -0.2) is 63.2 Å². The first kappa shape index (κ1) is 21.1. The van der Waals surface area contributed by atoms with Crippen molar-refractivity contribution in [2.45, 2.75) is 25.2 Å². The number of hydrogen-bond acceptors (Lipinski definition) is 8. The summed E-state index contributed by atoms with van der Waals surface area (Å²) in [6.07, 6.45) is -1.60. The molecule has 1 heterocycles. The number of hydrogen-bond donors (Lipinski definition) is 2. The van der Waals surface area contributed by atoms with Gasteiger partial charge in [-0.25, -0.2) is 9.52 Å². The van der Waals surface area contributed by atoms with Gasteiger partial charge in [0.05, 0.1) is 6.26 Å². The second kappa shape index (κ2) is 8.21. The lowest BCUT2D eigenvalue weighted by Crippen LogP contribution is -2.52. The van der Waals surface area contributed by atoms with Gasteiger partial charge in [0.2, 0.25) is 0 Å². The van der Waals surface area contributed by atoms with Crippen molar-refractivity contribution in [2.75, 3.05) is 12.8 Å². The van der Waals surface area contributed by atoms with Gasteiger partial charge in [0.25, 0.3) is 16.0 Å². The molecule has 0 bridgehead atoms. The number of ether oxygens (including phenoxy) is 1. The van der Waals surface area contributed by atoms with E-state index < -0.39 is 44.6 Å². The van der Waals surface area contributed by atoms with Gasteiger partial charge >= 0.3 is 16.4 Å². The molecule has 150 valence electrons. The molecule has 0 unspecified atom stereocenters. The fraction of sp³-hybridized carbons (Fsp3) is 0.429. The molecule has 1 saturated heterocycles. The van der Waals surface area contributed by atoms with E-state index in [9.17, 15) is 26.4 Å². The molecular weight excluding hydrogens is 404 g/mol. The lowest BCUT2D eigenvalue weighted by atomic mass is 10.1. The van der Waals surface area contributed by atoms with Gasteiger partial charge < -0.3 is 4.74 Å². The maximum atomic E-state index is 12.3. The molecule has 1 aliphatic heterocycles. The van der Waals surface area contributed by atoms with Gasteiger partial charge in [-0.2, -0.15) is 16.8 Å². The molecule has 1 aromatic rings. The Morgan fingerprint density at radius 2 is 1.85 bits per heavy atom. The normalized spacial score (nSPS) is 20.3. The van der Waals surface area contributed by atoms with Gasteiger partial charge in [0, 0.05) is 6.54 Å². The summed E-state index contributed by atoms with van der Waals surface area (Å²) in [6, 6.07) is 7.03. The van der Waals surface area contributed by atoms with E-state index in [1.165, 1.54) is 4.72 Å². The van der Waals surface area contributed by atoms with Crippen molar-refractivity contribution < 1.29 is 39.9 Å². The third-order valence-corrected chi connectivity index (χ3v) is 4.63. The molecule has 1 aromatic carbocycles. The Labute approximate surface area is 156 Å². The molecule has 2 atom stereocenters. The third kappa shape index (κ3) is 6.46. The lowest BCUT2D eigenvalue weighted by molar-refractivity contribution is -0.125. The zero-order chi connectivity index (χ0) is 20.2. The highest BCUT2D eigenvalue weighted by atomic mass is 32.2. The van der Waals surface area contributed by atoms with Crippen LogP contribution in [0.4, 0.5) is 4.79 Å². The number of rotatable bonds is 6. The van der Waals surface area contributed by atoms with Crippen LogP contribution in [-0.2, 0) is 40.7 Å². The van der Waals surface area contributed by atoms with Crippen LogP contribution < -0.4 is 4.72 Å². The molecule has 2 N–H and O–H groups in total. The van der Waals surface area contributed by atoms with E-state index in [2.05, 4.69) is 0 Å². The molecule has 2 amide bonds. The number of amides is 2. The summed E-state index contributed by atoms with van der Waals surface area (Å²) in [5.41, 5.74) is 0.674. The maximum absolute atomic E-state index is 12.3. The molecule has 0 saturated carbocycles. The van der Waals surface area contributed by atoms with E-state index in [0.717, 1.165) is 11.2 Å². The van der Waals surface area contributed by atoms with Gasteiger partial charge in [0.15, 0.2) is 0 Å². The molecule has 0 aromatic heterocycles. The van der Waals surface area contributed by atoms with Crippen molar-refractivity contribution >= 4 is 32.4 Å². The zero-order valence-electron chi connectivity index (χ0n) is 14.1. The summed E-state index contributed by atoms with van der Waals surface area (Å²) in [5.74, 6) is -1.32. The third-order valence-electron chi connectivity index (χ3n) is 3.58. The predicted molar refractivity (Wildman–Crippen MR) is 91.1 cm³/mol. The number of likely N-dealkylation sites (tertiary alicyclic amines) is 1. The number of nitrogens with zero attached hydrogens (tertiary/aromatic N) is 1. The molecule has 0 aliphatic carbocycles. The molecule has 27 heavy (non-hydrogen) atoms. The molecule has 0 radical (unpaired) electrons. The Morgan fingerprint density at radius 3 is 2.41 bits per heavy atom. The Kier molecular flexibility index (Phi) is 6.41. The first-order chi connectivity index (χ1) is 12.5. The van der Waals surface area contributed by atoms with Crippen LogP contribution in [0.5, 0.6) is 0 Å². The van der Waals surface area contributed by atoms with E-state index in [4.69, 9.17) is 13.5 Å². The van der Waals surface area contributed by atoms with Crippen LogP contribution in [0.1, 0.15) is 12.0 Å². The molecular formula is C14H18N2O9S2. The summed E-state index contributed by atoms with van der Waals surface area (Å²) in [7, 11) is -8.91. The zero-order valence-corrected chi connectivity index (χ0v) is 15.8. The first-order valence-corrected chi connectivity index (χ1v) is 10.9. The van der Waals surface area contributed by atoms with E-state index in [1.807, 2.05) is 0 Å². The molecule has 1 aliphatic rings. The van der Waals surface area contributed by atoms with Crippen LogP contribution >= 0.6 is 0 Å². The quantitative estimate of drug-likeness (QED) is 0.462. The number of carbonyl (C=O) groups is 2. The van der Waals surface area contributed by atoms with Crippen molar-refractivity contribution in [1.82, 2.24) is 9.62 Å². The summed E-state index contributed by atoms with van der Waals surface area (Å²) < 4.78 is 64.5. The highest BCUT2D eigenvalue weighted by Gasteiger charge is 2.46. The predicted octanol–water partition coefficient (Wildman–Crippen LogP) is -0.339. The molecule has 13 heteroatoms. The van der Waals surface area contributed by atoms with Gasteiger partial charge in [0.1, 0.15) is 18.8 Å². The topological polar surface area (TPSA) is 156 Å². The number of nitrogens with one attached hydrogen (secondary N) is 1. The van der Waals surface area contributed by atoms with Crippen LogP contribution in [0.2, 0.25) is 0 Å². The molecule has 2 rings (SSSR count). The van der Waals surface area contributed by atoms with Crippen LogP contribution in [0.3, 0.4) is 0 Å². The summed E-state index contributed by atoms with van der Waals surface area (Å²) >= 11 is 0. The van der Waals surface area contributed by atoms with Crippen LogP contribution in [0.25, 0.3) is 0 Å². The van der Waals surface area contributed by atoms with Gasteiger partial charge in [-0.05, 0) is 12.0 Å². The summed E-state index contributed by atoms with van der Waals surface area (Å²) in [5, 5.41) is 0. The van der Waals surface area contributed by atoms with E-state index >= 15 is 0 Å². The largest absolute Gasteiger partial charge is 0.445 e. The van der Waals surface area contributed by atoms with Crippen molar-refractivity contribution in [3.05, 3.63) is 35.9 Å². The van der Waals surface area contributed by atoms with Crippen molar-refractivity contribution in [3.8, 4) is 0 Å². The highest BCUT2D eigenvalue weighted by molar-refractivity contribution is 7.86. The molecule has 0 spiro atoms. The minimum absolute atomic E-state index is 0.0585. The number of carbonyl (C=O) groups excluding carboxylic acids is 2. The first-order valence-electron chi connectivity index (χ1n) is 7.61. The van der Waals surface area contributed by atoms with Gasteiger partial charge in [-0.15, -0.1) is 0 Å². The SMILES string of the molecule is CS(=O)(=O)O[C@H]1CCN(C(=O)OCc2ccccc2)[C@@H]1C(=O)NS(=O)(=O)O. The number of benzene rings is 1. The standard InChI is InChI=1S/C14H18N2O9S2/c1-26(19,20)25-11-7-8-16(12(11)13(17)15-27(21,22)23)14(18)24-9-10-5-3-2-4-6-10/h2-6,11-12H,7-9H2,1H3,(H,15,17)(H,21,22,23)/t11-,12-/m0/s1. The van der Waals surface area contributed by atoms with Crippen LogP contribution in [0.15, 0.2) is 30.3 Å². The Balaban J connectivity index is 2.16. The average molecular weight is 422 g/mol. The minimum atomic E-state index is -4.92. The second-order valence-corrected chi connectivity index (χ2v) is 8.50. The van der Waals surface area contributed by atoms with Crippen molar-refractivity contribution in [1.29, 1.82) is 0 Å². The Hall–Kier alpha value is -2.22. The Bertz CT molecular complexity index is 900. The second-order valence-electron chi connectivity index (χ2n) is 5.75. The van der Waals surface area contributed by atoms with E-state index in [0.29, 0.717) is 5.56 Å². The average Bonchev–Trinajstić information content (AvgIpc) is 2.93. The monoisotopic (exact) mass is 422 g/mol. The van der Waals surface area contributed by atoms with Gasteiger partial charge in [-0.1, -0.05) is 30.3 Å². The van der Waals surface area contributed by atoms with Crippen molar-refractivity contribution in [2.24, 2.45) is 0 Å².